The van der Waals surface area contributed by atoms with Crippen molar-refractivity contribution in [2.45, 2.75) is 84.5 Å². The summed E-state index contributed by atoms with van der Waals surface area (Å²) in [6.07, 6.45) is 16.0. The van der Waals surface area contributed by atoms with Crippen LogP contribution in [0, 0.1) is 39.9 Å². The Labute approximate surface area is 180 Å². The Bertz CT molecular complexity index is 815. The van der Waals surface area contributed by atoms with Gasteiger partial charge >= 0.3 is 0 Å². The van der Waals surface area contributed by atoms with Gasteiger partial charge in [0, 0.05) is 17.3 Å². The zero-order valence-electron chi connectivity index (χ0n) is 18.9. The van der Waals surface area contributed by atoms with Crippen LogP contribution >= 0.6 is 0 Å². The molecule has 0 N–H and O–H groups in total. The number of fused-ring (bicyclic) bond motifs is 7. The fourth-order valence-corrected chi connectivity index (χ4v) is 9.46. The molecular formula is C26H37NO3. The van der Waals surface area contributed by atoms with Gasteiger partial charge < -0.3 is 4.84 Å². The van der Waals surface area contributed by atoms with Gasteiger partial charge in [-0.2, -0.15) is 0 Å². The van der Waals surface area contributed by atoms with Crippen molar-refractivity contribution in [1.29, 1.82) is 0 Å². The molecule has 164 valence electrons. The minimum Gasteiger partial charge on any atom is -0.399 e. The van der Waals surface area contributed by atoms with Gasteiger partial charge in [0.05, 0.1) is 6.21 Å². The van der Waals surface area contributed by atoms with Crippen LogP contribution in [0.2, 0.25) is 0 Å². The van der Waals surface area contributed by atoms with Crippen molar-refractivity contribution in [1.82, 2.24) is 0 Å². The molecule has 4 nitrogen and oxygen atoms in total. The molecule has 4 fully saturated rings. The highest BCUT2D eigenvalue weighted by Crippen LogP contribution is 2.73. The van der Waals surface area contributed by atoms with Crippen LogP contribution in [-0.4, -0.2) is 24.9 Å². The number of carbonyl (C=O) groups excluding carboxylic acids is 2. The second-order valence-electron chi connectivity index (χ2n) is 11.2. The molecule has 5 aliphatic rings. The molecule has 0 aromatic rings. The molecule has 0 unspecified atom stereocenters. The SMILES string of the molecule is CO/N=C\[C@]12CCC(=O)C=C1CC[C@@H]1[C@@H]2CC[C@@]2(C)[C@H]1C[C@H]1CCCC[C@]12C(C)=O. The van der Waals surface area contributed by atoms with Crippen molar-refractivity contribution in [3.8, 4) is 0 Å². The summed E-state index contributed by atoms with van der Waals surface area (Å²) >= 11 is 0. The highest BCUT2D eigenvalue weighted by Gasteiger charge is 2.69. The van der Waals surface area contributed by atoms with Crippen molar-refractivity contribution in [3.63, 3.8) is 0 Å². The van der Waals surface area contributed by atoms with Gasteiger partial charge in [-0.1, -0.05) is 30.5 Å². The van der Waals surface area contributed by atoms with Gasteiger partial charge in [0.25, 0.3) is 0 Å². The van der Waals surface area contributed by atoms with Crippen LogP contribution in [0.15, 0.2) is 16.8 Å². The molecule has 0 spiro atoms. The topological polar surface area (TPSA) is 55.7 Å². The second kappa shape index (κ2) is 7.03. The van der Waals surface area contributed by atoms with E-state index in [0.29, 0.717) is 35.9 Å². The van der Waals surface area contributed by atoms with Crippen molar-refractivity contribution >= 4 is 17.8 Å². The molecule has 0 bridgehead atoms. The summed E-state index contributed by atoms with van der Waals surface area (Å²) in [6, 6.07) is 0. The molecule has 0 saturated heterocycles. The van der Waals surface area contributed by atoms with Crippen LogP contribution in [0.1, 0.15) is 84.5 Å². The number of Topliss-reactive ketones (excluding diaryl/α,β-unsaturated/α-hetero) is 1. The van der Waals surface area contributed by atoms with Crippen molar-refractivity contribution in [2.75, 3.05) is 7.11 Å². The van der Waals surface area contributed by atoms with Crippen molar-refractivity contribution < 1.29 is 14.4 Å². The summed E-state index contributed by atoms with van der Waals surface area (Å²) in [5.41, 5.74) is 1.22. The lowest BCUT2D eigenvalue weighted by molar-refractivity contribution is -0.147. The predicted octanol–water partition coefficient (Wildman–Crippen LogP) is 5.51. The summed E-state index contributed by atoms with van der Waals surface area (Å²) in [5, 5.41) is 4.27. The summed E-state index contributed by atoms with van der Waals surface area (Å²) in [7, 11) is 1.61. The Balaban J connectivity index is 1.56. The smallest absolute Gasteiger partial charge is 0.155 e. The van der Waals surface area contributed by atoms with E-state index in [-0.39, 0.29) is 22.0 Å². The number of hydrogen-bond donors (Lipinski definition) is 0. The van der Waals surface area contributed by atoms with Crippen LogP contribution in [-0.2, 0) is 14.4 Å². The Kier molecular flexibility index (Phi) is 4.79. The fourth-order valence-electron chi connectivity index (χ4n) is 9.46. The zero-order valence-corrected chi connectivity index (χ0v) is 18.9. The minimum absolute atomic E-state index is 0.0900. The number of nitrogens with zero attached hydrogens (tertiary/aromatic N) is 1. The van der Waals surface area contributed by atoms with Crippen molar-refractivity contribution in [2.24, 2.45) is 45.1 Å². The quantitative estimate of drug-likeness (QED) is 0.455. The Morgan fingerprint density at radius 3 is 2.73 bits per heavy atom. The minimum atomic E-state index is -0.120. The zero-order chi connectivity index (χ0) is 21.1. The summed E-state index contributed by atoms with van der Waals surface area (Å²) in [5.74, 6) is 3.08. The largest absolute Gasteiger partial charge is 0.399 e. The third-order valence-electron chi connectivity index (χ3n) is 10.6. The Hall–Kier alpha value is -1.45. The average Bonchev–Trinajstić information content (AvgIpc) is 3.02. The van der Waals surface area contributed by atoms with Crippen LogP contribution < -0.4 is 0 Å². The predicted molar refractivity (Wildman–Crippen MR) is 117 cm³/mol. The third kappa shape index (κ3) is 2.48. The number of allylic oxidation sites excluding steroid dienone is 1. The summed E-state index contributed by atoms with van der Waals surface area (Å²) in [6.45, 7) is 4.37. The van der Waals surface area contributed by atoms with Crippen LogP contribution in [0.25, 0.3) is 0 Å². The lowest BCUT2D eigenvalue weighted by Gasteiger charge is -2.60. The average molecular weight is 412 g/mol. The van der Waals surface area contributed by atoms with Gasteiger partial charge in [-0.15, -0.1) is 0 Å². The van der Waals surface area contributed by atoms with Crippen LogP contribution in [0.5, 0.6) is 0 Å². The lowest BCUT2D eigenvalue weighted by atomic mass is 9.43. The molecule has 0 aromatic heterocycles. The first-order valence-electron chi connectivity index (χ1n) is 12.2. The number of ketones is 2. The molecule has 0 radical (unpaired) electrons. The molecular weight excluding hydrogens is 374 g/mol. The van der Waals surface area contributed by atoms with E-state index >= 15 is 0 Å². The van der Waals surface area contributed by atoms with Gasteiger partial charge in [-0.25, -0.2) is 0 Å². The highest BCUT2D eigenvalue weighted by atomic mass is 16.6. The molecule has 0 amide bonds. The van der Waals surface area contributed by atoms with Gasteiger partial charge in [-0.3, -0.25) is 9.59 Å². The maximum absolute atomic E-state index is 13.2. The first-order valence-corrected chi connectivity index (χ1v) is 12.2. The third-order valence-corrected chi connectivity index (χ3v) is 10.6. The molecule has 4 saturated carbocycles. The standard InChI is InChI=1S/C26H37NO3/c1-17(28)26-11-5-4-6-19(26)15-23-21-8-7-18-14-20(29)9-13-25(18,16-27-30-3)22(21)10-12-24(23,26)2/h14,16,19,21-23H,4-13,15H2,1-3H3/b27-16-/t19-,21-,22+,23+,24+,25-,26+/m1/s1. The van der Waals surface area contributed by atoms with E-state index in [1.165, 1.54) is 31.3 Å². The maximum Gasteiger partial charge on any atom is 0.155 e. The van der Waals surface area contributed by atoms with Gasteiger partial charge in [0.2, 0.25) is 0 Å². The monoisotopic (exact) mass is 411 g/mol. The molecule has 4 heteroatoms. The number of oxime groups is 1. The van der Waals surface area contributed by atoms with Crippen molar-refractivity contribution in [3.05, 3.63) is 11.6 Å². The number of carbonyl (C=O) groups is 2. The molecule has 5 aliphatic carbocycles. The first kappa shape index (κ1) is 20.5. The van der Waals surface area contributed by atoms with Gasteiger partial charge in [-0.05, 0) is 93.5 Å². The van der Waals surface area contributed by atoms with E-state index in [2.05, 4.69) is 12.1 Å². The van der Waals surface area contributed by atoms with Gasteiger partial charge in [0.1, 0.15) is 12.9 Å². The molecule has 0 aromatic carbocycles. The molecule has 5 rings (SSSR count). The number of hydrogen-bond acceptors (Lipinski definition) is 4. The highest BCUT2D eigenvalue weighted by molar-refractivity contribution is 5.94. The fraction of sp³-hybridized carbons (Fsp3) is 0.808. The normalized spacial score (nSPS) is 47.7. The lowest BCUT2D eigenvalue weighted by Crippen LogP contribution is -2.56. The van der Waals surface area contributed by atoms with E-state index in [0.717, 1.165) is 38.5 Å². The van der Waals surface area contributed by atoms with E-state index < -0.39 is 0 Å². The second-order valence-corrected chi connectivity index (χ2v) is 11.2. The number of rotatable bonds is 3. The van der Waals surface area contributed by atoms with Crippen LogP contribution in [0.4, 0.5) is 0 Å². The van der Waals surface area contributed by atoms with E-state index in [1.54, 1.807) is 7.11 Å². The molecule has 0 aliphatic heterocycles. The summed E-state index contributed by atoms with van der Waals surface area (Å²) < 4.78 is 0. The Morgan fingerprint density at radius 2 is 1.97 bits per heavy atom. The Morgan fingerprint density at radius 1 is 1.13 bits per heavy atom. The van der Waals surface area contributed by atoms with Crippen LogP contribution in [0.3, 0.4) is 0 Å². The van der Waals surface area contributed by atoms with E-state index in [4.69, 9.17) is 4.84 Å². The summed E-state index contributed by atoms with van der Waals surface area (Å²) in [4.78, 5) is 30.6. The first-order chi connectivity index (χ1) is 14.4. The molecule has 30 heavy (non-hydrogen) atoms. The van der Waals surface area contributed by atoms with E-state index in [1.807, 2.05) is 19.2 Å². The van der Waals surface area contributed by atoms with Gasteiger partial charge in [0.15, 0.2) is 5.78 Å². The molecule has 7 atom stereocenters. The van der Waals surface area contributed by atoms with E-state index in [9.17, 15) is 9.59 Å². The maximum atomic E-state index is 13.2. The molecule has 0 heterocycles.